The SMILES string of the molecule is CC(C)(C)C(=O)c1ccc(NN)nc1. The van der Waals surface area contributed by atoms with E-state index in [-0.39, 0.29) is 11.2 Å². The van der Waals surface area contributed by atoms with Crippen LogP contribution in [0.5, 0.6) is 0 Å². The molecule has 3 N–H and O–H groups in total. The zero-order valence-corrected chi connectivity index (χ0v) is 8.66. The number of Topliss-reactive ketones (excluding diaryl/α,β-unsaturated/α-hetero) is 1. The number of nitrogens with two attached hydrogens (primary N) is 1. The summed E-state index contributed by atoms with van der Waals surface area (Å²) in [4.78, 5) is 15.7. The third kappa shape index (κ3) is 2.29. The minimum atomic E-state index is -0.376. The summed E-state index contributed by atoms with van der Waals surface area (Å²) in [5.41, 5.74) is 2.64. The van der Waals surface area contributed by atoms with Crippen LogP contribution in [0.1, 0.15) is 31.1 Å². The quantitative estimate of drug-likeness (QED) is 0.425. The van der Waals surface area contributed by atoms with Crippen LogP contribution in [0, 0.1) is 5.41 Å². The maximum absolute atomic E-state index is 11.8. The summed E-state index contributed by atoms with van der Waals surface area (Å²) < 4.78 is 0. The van der Waals surface area contributed by atoms with Crippen molar-refractivity contribution in [1.29, 1.82) is 0 Å². The fraction of sp³-hybridized carbons (Fsp3) is 0.400. The average molecular weight is 193 g/mol. The van der Waals surface area contributed by atoms with Crippen LogP contribution >= 0.6 is 0 Å². The first kappa shape index (κ1) is 10.7. The lowest BCUT2D eigenvalue weighted by molar-refractivity contribution is 0.0858. The molecule has 0 spiro atoms. The minimum absolute atomic E-state index is 0.0774. The molecule has 1 aromatic rings. The lowest BCUT2D eigenvalue weighted by atomic mass is 9.87. The normalized spacial score (nSPS) is 11.1. The topological polar surface area (TPSA) is 68.0 Å². The smallest absolute Gasteiger partial charge is 0.169 e. The van der Waals surface area contributed by atoms with E-state index in [1.54, 1.807) is 12.1 Å². The molecule has 0 aliphatic carbocycles. The highest BCUT2D eigenvalue weighted by Gasteiger charge is 2.22. The van der Waals surface area contributed by atoms with Crippen LogP contribution in [-0.2, 0) is 0 Å². The molecule has 0 aromatic carbocycles. The highest BCUT2D eigenvalue weighted by Crippen LogP contribution is 2.20. The lowest BCUT2D eigenvalue weighted by Gasteiger charge is -2.16. The van der Waals surface area contributed by atoms with Crippen LogP contribution in [0.4, 0.5) is 5.82 Å². The number of carbonyl (C=O) groups excluding carboxylic acids is 1. The van der Waals surface area contributed by atoms with E-state index in [1.807, 2.05) is 20.8 Å². The predicted molar refractivity (Wildman–Crippen MR) is 55.8 cm³/mol. The number of pyridine rings is 1. The van der Waals surface area contributed by atoms with Crippen molar-refractivity contribution >= 4 is 11.6 Å². The number of hydrogen-bond acceptors (Lipinski definition) is 4. The van der Waals surface area contributed by atoms with Gasteiger partial charge < -0.3 is 5.43 Å². The molecule has 76 valence electrons. The Morgan fingerprint density at radius 3 is 2.43 bits per heavy atom. The number of ketones is 1. The highest BCUT2D eigenvalue weighted by molar-refractivity contribution is 5.99. The van der Waals surface area contributed by atoms with Crippen molar-refractivity contribution in [2.45, 2.75) is 20.8 Å². The monoisotopic (exact) mass is 193 g/mol. The van der Waals surface area contributed by atoms with Gasteiger partial charge >= 0.3 is 0 Å². The van der Waals surface area contributed by atoms with Crippen LogP contribution in [-0.4, -0.2) is 10.8 Å². The molecule has 0 radical (unpaired) electrons. The van der Waals surface area contributed by atoms with Crippen molar-refractivity contribution < 1.29 is 4.79 Å². The van der Waals surface area contributed by atoms with E-state index in [0.717, 1.165) is 0 Å². The fourth-order valence-corrected chi connectivity index (χ4v) is 1.05. The Morgan fingerprint density at radius 2 is 2.07 bits per heavy atom. The third-order valence-electron chi connectivity index (χ3n) is 1.85. The Kier molecular flexibility index (Phi) is 2.86. The number of rotatable bonds is 2. The van der Waals surface area contributed by atoms with E-state index in [1.165, 1.54) is 6.20 Å². The molecule has 4 heteroatoms. The highest BCUT2D eigenvalue weighted by atomic mass is 16.1. The average Bonchev–Trinajstić information content (AvgIpc) is 2.15. The van der Waals surface area contributed by atoms with Crippen LogP contribution in [0.2, 0.25) is 0 Å². The van der Waals surface area contributed by atoms with E-state index >= 15 is 0 Å². The zero-order chi connectivity index (χ0) is 10.8. The predicted octanol–water partition coefficient (Wildman–Crippen LogP) is 1.60. The van der Waals surface area contributed by atoms with Crippen molar-refractivity contribution in [3.63, 3.8) is 0 Å². The Balaban J connectivity index is 2.93. The summed E-state index contributed by atoms with van der Waals surface area (Å²) >= 11 is 0. The number of nitrogen functional groups attached to an aromatic ring is 1. The summed E-state index contributed by atoms with van der Waals surface area (Å²) in [6.45, 7) is 5.64. The van der Waals surface area contributed by atoms with E-state index in [0.29, 0.717) is 11.4 Å². The molecule has 0 unspecified atom stereocenters. The summed E-state index contributed by atoms with van der Waals surface area (Å²) in [7, 11) is 0. The summed E-state index contributed by atoms with van der Waals surface area (Å²) in [6.07, 6.45) is 1.53. The van der Waals surface area contributed by atoms with Gasteiger partial charge in [0.2, 0.25) is 0 Å². The first-order chi connectivity index (χ1) is 6.45. The molecular formula is C10H15N3O. The molecule has 0 amide bonds. The number of nitrogens with one attached hydrogen (secondary N) is 1. The van der Waals surface area contributed by atoms with Gasteiger partial charge in [-0.05, 0) is 12.1 Å². The van der Waals surface area contributed by atoms with Gasteiger partial charge in [0.15, 0.2) is 5.78 Å². The van der Waals surface area contributed by atoms with Crippen LogP contribution < -0.4 is 11.3 Å². The molecule has 0 aliphatic heterocycles. The summed E-state index contributed by atoms with van der Waals surface area (Å²) in [5.74, 6) is 5.79. The second-order valence-corrected chi connectivity index (χ2v) is 4.16. The van der Waals surface area contributed by atoms with Crippen LogP contribution in [0.15, 0.2) is 18.3 Å². The summed E-state index contributed by atoms with van der Waals surface area (Å²) in [6, 6.07) is 3.40. The van der Waals surface area contributed by atoms with Gasteiger partial charge in [0, 0.05) is 17.2 Å². The molecule has 4 nitrogen and oxygen atoms in total. The number of carbonyl (C=O) groups is 1. The maximum atomic E-state index is 11.8. The largest absolute Gasteiger partial charge is 0.308 e. The first-order valence-electron chi connectivity index (χ1n) is 4.42. The van der Waals surface area contributed by atoms with Crippen molar-refractivity contribution in [1.82, 2.24) is 4.98 Å². The number of nitrogens with zero attached hydrogens (tertiary/aromatic N) is 1. The summed E-state index contributed by atoms with van der Waals surface area (Å²) in [5, 5.41) is 0. The van der Waals surface area contributed by atoms with Crippen molar-refractivity contribution in [3.05, 3.63) is 23.9 Å². The van der Waals surface area contributed by atoms with E-state index < -0.39 is 0 Å². The van der Waals surface area contributed by atoms with Gasteiger partial charge in [-0.2, -0.15) is 0 Å². The molecule has 0 aliphatic rings. The van der Waals surface area contributed by atoms with Gasteiger partial charge in [-0.15, -0.1) is 0 Å². The molecule has 0 saturated heterocycles. The molecule has 1 rings (SSSR count). The lowest BCUT2D eigenvalue weighted by Crippen LogP contribution is -2.20. The zero-order valence-electron chi connectivity index (χ0n) is 8.66. The van der Waals surface area contributed by atoms with E-state index in [2.05, 4.69) is 10.4 Å². The van der Waals surface area contributed by atoms with Gasteiger partial charge in [0.1, 0.15) is 5.82 Å². The second kappa shape index (κ2) is 3.75. The molecule has 14 heavy (non-hydrogen) atoms. The number of anilines is 1. The standard InChI is InChI=1S/C10H15N3O/c1-10(2,3)9(14)7-4-5-8(13-11)12-6-7/h4-6H,11H2,1-3H3,(H,12,13). The first-order valence-corrected chi connectivity index (χ1v) is 4.42. The van der Waals surface area contributed by atoms with Gasteiger partial charge in [-0.3, -0.25) is 4.79 Å². The van der Waals surface area contributed by atoms with Crippen LogP contribution in [0.3, 0.4) is 0 Å². The van der Waals surface area contributed by atoms with Gasteiger partial charge in [-0.25, -0.2) is 10.8 Å². The molecule has 0 atom stereocenters. The molecule has 1 heterocycles. The second-order valence-electron chi connectivity index (χ2n) is 4.16. The minimum Gasteiger partial charge on any atom is -0.308 e. The molecule has 0 bridgehead atoms. The maximum Gasteiger partial charge on any atom is 0.169 e. The Hall–Kier alpha value is -1.42. The van der Waals surface area contributed by atoms with Crippen molar-refractivity contribution in [2.24, 2.45) is 11.3 Å². The Morgan fingerprint density at radius 1 is 1.43 bits per heavy atom. The Bertz CT molecular complexity index is 324. The third-order valence-corrected chi connectivity index (χ3v) is 1.85. The fourth-order valence-electron chi connectivity index (χ4n) is 1.05. The number of aromatic nitrogens is 1. The van der Waals surface area contributed by atoms with Gasteiger partial charge in [0.25, 0.3) is 0 Å². The molecule has 1 aromatic heterocycles. The Labute approximate surface area is 83.5 Å². The van der Waals surface area contributed by atoms with E-state index in [4.69, 9.17) is 5.84 Å². The molecule has 0 fully saturated rings. The van der Waals surface area contributed by atoms with Crippen molar-refractivity contribution in [2.75, 3.05) is 5.43 Å². The number of hydrogen-bond donors (Lipinski definition) is 2. The number of hydrazine groups is 1. The molecule has 0 saturated carbocycles. The van der Waals surface area contributed by atoms with Crippen molar-refractivity contribution in [3.8, 4) is 0 Å². The van der Waals surface area contributed by atoms with Gasteiger partial charge in [0.05, 0.1) is 0 Å². The van der Waals surface area contributed by atoms with Crippen LogP contribution in [0.25, 0.3) is 0 Å². The molecular weight excluding hydrogens is 178 g/mol. The van der Waals surface area contributed by atoms with E-state index in [9.17, 15) is 4.79 Å². The van der Waals surface area contributed by atoms with Gasteiger partial charge in [-0.1, -0.05) is 20.8 Å².